The largest absolute Gasteiger partial charge is 0.299 e. The lowest BCUT2D eigenvalue weighted by Crippen LogP contribution is -2.29. The summed E-state index contributed by atoms with van der Waals surface area (Å²) in [6, 6.07) is 2.67. The van der Waals surface area contributed by atoms with Gasteiger partial charge < -0.3 is 0 Å². The Hall–Kier alpha value is -0.910. The molecule has 100 valence electrons. The number of hydrazine groups is 1. The van der Waals surface area contributed by atoms with E-state index in [1.807, 2.05) is 6.07 Å². The third-order valence-corrected chi connectivity index (χ3v) is 4.83. The lowest BCUT2D eigenvalue weighted by molar-refractivity contribution is 0.0957. The first-order valence-corrected chi connectivity index (χ1v) is 7.24. The summed E-state index contributed by atoms with van der Waals surface area (Å²) >= 11 is 1.51. The second-order valence-electron chi connectivity index (χ2n) is 5.02. The molecule has 1 aromatic heterocycles. The minimum Gasteiger partial charge on any atom is -0.299 e. The summed E-state index contributed by atoms with van der Waals surface area (Å²) in [6.45, 7) is 2.99. The Morgan fingerprint density at radius 3 is 2.83 bits per heavy atom. The SMILES string of the molecule is Cc1sc(C(=O)NN)cc1CN(C)C1CCCC1. The van der Waals surface area contributed by atoms with Gasteiger partial charge in [-0.15, -0.1) is 11.3 Å². The number of hydrogen-bond acceptors (Lipinski definition) is 4. The first-order chi connectivity index (χ1) is 8.61. The van der Waals surface area contributed by atoms with Crippen molar-refractivity contribution in [1.29, 1.82) is 0 Å². The third-order valence-electron chi connectivity index (χ3n) is 3.74. The summed E-state index contributed by atoms with van der Waals surface area (Å²) < 4.78 is 0. The molecule has 0 unspecified atom stereocenters. The van der Waals surface area contributed by atoms with Gasteiger partial charge in [-0.1, -0.05) is 12.8 Å². The lowest BCUT2D eigenvalue weighted by atomic mass is 10.2. The number of aryl methyl sites for hydroxylation is 1. The van der Waals surface area contributed by atoms with Crippen LogP contribution in [-0.2, 0) is 6.54 Å². The van der Waals surface area contributed by atoms with E-state index in [1.165, 1.54) is 47.5 Å². The molecular weight excluding hydrogens is 246 g/mol. The van der Waals surface area contributed by atoms with Crippen molar-refractivity contribution in [2.45, 2.75) is 45.2 Å². The average Bonchev–Trinajstić information content (AvgIpc) is 2.99. The van der Waals surface area contributed by atoms with Gasteiger partial charge >= 0.3 is 0 Å². The van der Waals surface area contributed by atoms with Crippen molar-refractivity contribution in [2.24, 2.45) is 5.84 Å². The van der Waals surface area contributed by atoms with Gasteiger partial charge in [0.15, 0.2) is 0 Å². The maximum Gasteiger partial charge on any atom is 0.275 e. The van der Waals surface area contributed by atoms with E-state index in [0.717, 1.165) is 6.54 Å². The van der Waals surface area contributed by atoms with Crippen LogP contribution in [0.5, 0.6) is 0 Å². The van der Waals surface area contributed by atoms with Crippen molar-refractivity contribution in [3.8, 4) is 0 Å². The molecule has 1 aliphatic rings. The number of nitrogens with one attached hydrogen (secondary N) is 1. The van der Waals surface area contributed by atoms with Crippen LogP contribution < -0.4 is 11.3 Å². The van der Waals surface area contributed by atoms with Gasteiger partial charge in [-0.05, 0) is 38.4 Å². The normalized spacial score (nSPS) is 16.4. The Kier molecular flexibility index (Phi) is 4.37. The summed E-state index contributed by atoms with van der Waals surface area (Å²) in [5.41, 5.74) is 3.43. The van der Waals surface area contributed by atoms with Crippen molar-refractivity contribution in [1.82, 2.24) is 10.3 Å². The van der Waals surface area contributed by atoms with E-state index in [9.17, 15) is 4.79 Å². The fourth-order valence-electron chi connectivity index (χ4n) is 2.60. The van der Waals surface area contributed by atoms with Crippen LogP contribution >= 0.6 is 11.3 Å². The van der Waals surface area contributed by atoms with Gasteiger partial charge in [0, 0.05) is 17.5 Å². The van der Waals surface area contributed by atoms with E-state index in [1.54, 1.807) is 0 Å². The van der Waals surface area contributed by atoms with Gasteiger partial charge in [-0.25, -0.2) is 5.84 Å². The van der Waals surface area contributed by atoms with Crippen molar-refractivity contribution >= 4 is 17.2 Å². The summed E-state index contributed by atoms with van der Waals surface area (Å²) in [7, 11) is 2.18. The highest BCUT2D eigenvalue weighted by Crippen LogP contribution is 2.27. The van der Waals surface area contributed by atoms with E-state index < -0.39 is 0 Å². The molecule has 1 heterocycles. The number of carbonyl (C=O) groups is 1. The molecule has 1 saturated carbocycles. The molecular formula is C13H21N3OS. The Labute approximate surface area is 112 Å². The second-order valence-corrected chi connectivity index (χ2v) is 6.28. The van der Waals surface area contributed by atoms with Crippen molar-refractivity contribution in [2.75, 3.05) is 7.05 Å². The van der Waals surface area contributed by atoms with Crippen LogP contribution in [-0.4, -0.2) is 23.9 Å². The van der Waals surface area contributed by atoms with E-state index >= 15 is 0 Å². The number of nitrogens with zero attached hydrogens (tertiary/aromatic N) is 1. The van der Waals surface area contributed by atoms with Crippen LogP contribution in [0.4, 0.5) is 0 Å². The van der Waals surface area contributed by atoms with Crippen LogP contribution in [0.3, 0.4) is 0 Å². The molecule has 0 atom stereocenters. The first-order valence-electron chi connectivity index (χ1n) is 6.42. The number of nitrogens with two attached hydrogens (primary N) is 1. The van der Waals surface area contributed by atoms with Gasteiger partial charge in [0.1, 0.15) is 0 Å². The molecule has 0 bridgehead atoms. The highest BCUT2D eigenvalue weighted by molar-refractivity contribution is 7.14. The zero-order valence-electron chi connectivity index (χ0n) is 11.0. The zero-order valence-corrected chi connectivity index (χ0v) is 11.8. The van der Waals surface area contributed by atoms with Crippen molar-refractivity contribution < 1.29 is 4.79 Å². The Balaban J connectivity index is 2.04. The fraction of sp³-hybridized carbons (Fsp3) is 0.615. The number of thiophene rings is 1. The molecule has 1 fully saturated rings. The molecule has 0 spiro atoms. The molecule has 18 heavy (non-hydrogen) atoms. The number of rotatable bonds is 4. The van der Waals surface area contributed by atoms with Gasteiger partial charge in [0.25, 0.3) is 5.91 Å². The first kappa shape index (κ1) is 13.5. The number of nitrogen functional groups attached to an aromatic ring is 1. The molecule has 2 rings (SSSR count). The standard InChI is InChI=1S/C13H21N3OS/c1-9-10(7-12(18-9)13(17)15-14)8-16(2)11-5-3-4-6-11/h7,11H,3-6,8,14H2,1-2H3,(H,15,17). The zero-order chi connectivity index (χ0) is 13.1. The lowest BCUT2D eigenvalue weighted by Gasteiger charge is -2.23. The molecule has 0 saturated heterocycles. The molecule has 1 aliphatic carbocycles. The highest BCUT2D eigenvalue weighted by atomic mass is 32.1. The van der Waals surface area contributed by atoms with Crippen molar-refractivity contribution in [3.05, 3.63) is 21.4 Å². The molecule has 0 aliphatic heterocycles. The maximum atomic E-state index is 11.5. The van der Waals surface area contributed by atoms with E-state index in [4.69, 9.17) is 5.84 Å². The second kappa shape index (κ2) is 5.82. The molecule has 0 radical (unpaired) electrons. The van der Waals surface area contributed by atoms with Crippen LogP contribution in [0, 0.1) is 6.92 Å². The minimum absolute atomic E-state index is 0.196. The van der Waals surface area contributed by atoms with Crippen LogP contribution in [0.1, 0.15) is 45.8 Å². The van der Waals surface area contributed by atoms with Crippen molar-refractivity contribution in [3.63, 3.8) is 0 Å². The number of carbonyl (C=O) groups excluding carboxylic acids is 1. The molecule has 0 aromatic carbocycles. The summed E-state index contributed by atoms with van der Waals surface area (Å²) in [5.74, 6) is 4.96. The highest BCUT2D eigenvalue weighted by Gasteiger charge is 2.21. The van der Waals surface area contributed by atoms with Gasteiger partial charge in [0.05, 0.1) is 4.88 Å². The Morgan fingerprint density at radius 1 is 1.56 bits per heavy atom. The van der Waals surface area contributed by atoms with Gasteiger partial charge in [-0.3, -0.25) is 15.1 Å². The summed E-state index contributed by atoms with van der Waals surface area (Å²) in [5, 5.41) is 0. The van der Waals surface area contributed by atoms with E-state index in [0.29, 0.717) is 10.9 Å². The summed E-state index contributed by atoms with van der Waals surface area (Å²) in [4.78, 5) is 15.8. The number of amides is 1. The Morgan fingerprint density at radius 2 is 2.22 bits per heavy atom. The fourth-order valence-corrected chi connectivity index (χ4v) is 3.54. The van der Waals surface area contributed by atoms with Gasteiger partial charge in [-0.2, -0.15) is 0 Å². The topological polar surface area (TPSA) is 58.4 Å². The van der Waals surface area contributed by atoms with E-state index in [2.05, 4.69) is 24.3 Å². The molecule has 5 heteroatoms. The number of hydrogen-bond donors (Lipinski definition) is 2. The van der Waals surface area contributed by atoms with E-state index in [-0.39, 0.29) is 5.91 Å². The maximum absolute atomic E-state index is 11.5. The minimum atomic E-state index is -0.196. The monoisotopic (exact) mass is 267 g/mol. The smallest absolute Gasteiger partial charge is 0.275 e. The van der Waals surface area contributed by atoms with Crippen LogP contribution in [0.15, 0.2) is 6.07 Å². The predicted molar refractivity (Wildman–Crippen MR) is 74.4 cm³/mol. The molecule has 3 N–H and O–H groups in total. The molecule has 4 nitrogen and oxygen atoms in total. The predicted octanol–water partition coefficient (Wildman–Crippen LogP) is 2.03. The van der Waals surface area contributed by atoms with Crippen LogP contribution in [0.25, 0.3) is 0 Å². The van der Waals surface area contributed by atoms with Gasteiger partial charge in [0.2, 0.25) is 0 Å². The summed E-state index contributed by atoms with van der Waals surface area (Å²) in [6.07, 6.45) is 5.29. The average molecular weight is 267 g/mol. The molecule has 1 aromatic rings. The van der Waals surface area contributed by atoms with Crippen LogP contribution in [0.2, 0.25) is 0 Å². The third kappa shape index (κ3) is 2.91. The Bertz CT molecular complexity index is 424. The molecule has 1 amide bonds. The quantitative estimate of drug-likeness (QED) is 0.498.